The van der Waals surface area contributed by atoms with Crippen LogP contribution in [0.15, 0.2) is 28.7 Å². The standard InChI is InChI=1S/C9H10N4O5/c1-9(2,13(16)17)5-3-4-6(12(14)15)8-7(5)10-18-11-8/h3-5,11H,1-2H3. The predicted octanol–water partition coefficient (Wildman–Crippen LogP) is 0.607. The average Bonchev–Trinajstić information content (AvgIpc) is 2.75. The number of allylic oxidation sites excluding steroid dienone is 2. The number of hydroxylamine groups is 1. The summed E-state index contributed by atoms with van der Waals surface area (Å²) in [5, 5.41) is 25.4. The van der Waals surface area contributed by atoms with E-state index < -0.39 is 21.3 Å². The van der Waals surface area contributed by atoms with Gasteiger partial charge in [0.2, 0.25) is 5.54 Å². The van der Waals surface area contributed by atoms with Crippen molar-refractivity contribution >= 4 is 5.71 Å². The lowest BCUT2D eigenvalue weighted by Crippen LogP contribution is -2.44. The molecule has 0 aromatic carbocycles. The lowest BCUT2D eigenvalue weighted by molar-refractivity contribution is -0.564. The zero-order valence-electron chi connectivity index (χ0n) is 9.61. The van der Waals surface area contributed by atoms with E-state index in [1.165, 1.54) is 26.0 Å². The largest absolute Gasteiger partial charge is 0.297 e. The van der Waals surface area contributed by atoms with Crippen molar-refractivity contribution in [2.45, 2.75) is 19.4 Å². The van der Waals surface area contributed by atoms with Crippen molar-refractivity contribution in [2.75, 3.05) is 0 Å². The second-order valence-corrected chi connectivity index (χ2v) is 4.43. The molecule has 2 aliphatic rings. The van der Waals surface area contributed by atoms with Gasteiger partial charge < -0.3 is 0 Å². The summed E-state index contributed by atoms with van der Waals surface area (Å²) < 4.78 is 0. The quantitative estimate of drug-likeness (QED) is 0.581. The molecule has 0 saturated heterocycles. The molecule has 96 valence electrons. The van der Waals surface area contributed by atoms with Crippen LogP contribution >= 0.6 is 0 Å². The molecule has 18 heavy (non-hydrogen) atoms. The van der Waals surface area contributed by atoms with Crippen LogP contribution < -0.4 is 5.48 Å². The van der Waals surface area contributed by atoms with Gasteiger partial charge in [0.1, 0.15) is 5.71 Å². The Morgan fingerprint density at radius 2 is 2.11 bits per heavy atom. The number of nitrogens with one attached hydrogen (secondary N) is 1. The summed E-state index contributed by atoms with van der Waals surface area (Å²) in [4.78, 5) is 25.4. The molecule has 0 saturated carbocycles. The van der Waals surface area contributed by atoms with E-state index in [0.717, 1.165) is 0 Å². The SMILES string of the molecule is CC(C)(C1C=CC([N+](=O)[O-])=C2NON=C21)[N+](=O)[O-]. The van der Waals surface area contributed by atoms with Gasteiger partial charge >= 0.3 is 0 Å². The summed E-state index contributed by atoms with van der Waals surface area (Å²) in [5.74, 6) is -0.693. The Bertz CT molecular complexity index is 519. The molecule has 9 nitrogen and oxygen atoms in total. The number of nitro groups is 2. The van der Waals surface area contributed by atoms with Crippen LogP contribution in [0, 0.1) is 26.1 Å². The molecule has 0 fully saturated rings. The van der Waals surface area contributed by atoms with Crippen LogP contribution in [-0.4, -0.2) is 21.1 Å². The maximum absolute atomic E-state index is 11.0. The first-order chi connectivity index (χ1) is 8.35. The summed E-state index contributed by atoms with van der Waals surface area (Å²) in [6.45, 7) is 2.86. The smallest absolute Gasteiger partial charge is 0.270 e. The molecule has 9 heteroatoms. The number of hydrogen-bond donors (Lipinski definition) is 1. The van der Waals surface area contributed by atoms with Gasteiger partial charge in [-0.2, -0.15) is 5.48 Å². The van der Waals surface area contributed by atoms with Crippen LogP contribution in [0.25, 0.3) is 0 Å². The Labute approximate surface area is 101 Å². The predicted molar refractivity (Wildman–Crippen MR) is 59.4 cm³/mol. The molecule has 1 atom stereocenters. The molecule has 0 bridgehead atoms. The van der Waals surface area contributed by atoms with Crippen molar-refractivity contribution in [2.24, 2.45) is 11.1 Å². The molecule has 0 aromatic heterocycles. The normalized spacial score (nSPS) is 21.9. The highest BCUT2D eigenvalue weighted by atomic mass is 16.8. The van der Waals surface area contributed by atoms with E-state index in [4.69, 9.17) is 0 Å². The Hall–Kier alpha value is -2.45. The van der Waals surface area contributed by atoms with E-state index in [1.54, 1.807) is 0 Å². The maximum Gasteiger partial charge on any atom is 0.297 e. The topological polar surface area (TPSA) is 120 Å². The van der Waals surface area contributed by atoms with Gasteiger partial charge in [-0.25, -0.2) is 0 Å². The Morgan fingerprint density at radius 1 is 1.44 bits per heavy atom. The zero-order valence-corrected chi connectivity index (χ0v) is 9.61. The molecule has 1 aliphatic carbocycles. The second kappa shape index (κ2) is 3.79. The fraction of sp³-hybridized carbons (Fsp3) is 0.444. The Kier molecular flexibility index (Phi) is 2.53. The first kappa shape index (κ1) is 12.0. The van der Waals surface area contributed by atoms with Crippen molar-refractivity contribution in [1.82, 2.24) is 5.48 Å². The van der Waals surface area contributed by atoms with Gasteiger partial charge in [-0.15, -0.1) is 0 Å². The van der Waals surface area contributed by atoms with Gasteiger partial charge in [-0.1, -0.05) is 11.2 Å². The molecule has 0 amide bonds. The second-order valence-electron chi connectivity index (χ2n) is 4.43. The highest BCUT2D eigenvalue weighted by molar-refractivity contribution is 6.05. The fourth-order valence-electron chi connectivity index (χ4n) is 1.81. The molecule has 1 aliphatic heterocycles. The molecule has 1 heterocycles. The molecule has 1 N–H and O–H groups in total. The minimum Gasteiger partial charge on any atom is -0.270 e. The van der Waals surface area contributed by atoms with Crippen molar-refractivity contribution in [3.63, 3.8) is 0 Å². The van der Waals surface area contributed by atoms with Crippen LogP contribution in [0.5, 0.6) is 0 Å². The third kappa shape index (κ3) is 1.60. The number of hydrogen-bond acceptors (Lipinski definition) is 7. The number of nitrogens with zero attached hydrogens (tertiary/aromatic N) is 3. The summed E-state index contributed by atoms with van der Waals surface area (Å²) >= 11 is 0. The summed E-state index contributed by atoms with van der Waals surface area (Å²) in [7, 11) is 0. The van der Waals surface area contributed by atoms with Crippen LogP contribution in [0.4, 0.5) is 0 Å². The third-order valence-corrected chi connectivity index (χ3v) is 2.97. The van der Waals surface area contributed by atoms with E-state index in [1.807, 2.05) is 0 Å². The average molecular weight is 254 g/mol. The van der Waals surface area contributed by atoms with Crippen LogP contribution in [-0.2, 0) is 4.94 Å². The lowest BCUT2D eigenvalue weighted by Gasteiger charge is -2.24. The van der Waals surface area contributed by atoms with E-state index in [9.17, 15) is 20.2 Å². The lowest BCUT2D eigenvalue weighted by atomic mass is 9.80. The van der Waals surface area contributed by atoms with Crippen LogP contribution in [0.1, 0.15) is 13.8 Å². The number of fused-ring (bicyclic) bond motifs is 1. The minimum absolute atomic E-state index is 0.0717. The Balaban J connectivity index is 2.45. The molecular formula is C9H10N4O5. The first-order valence-electron chi connectivity index (χ1n) is 5.07. The van der Waals surface area contributed by atoms with Crippen LogP contribution in [0.3, 0.4) is 0 Å². The monoisotopic (exact) mass is 254 g/mol. The third-order valence-electron chi connectivity index (χ3n) is 2.97. The van der Waals surface area contributed by atoms with Crippen LogP contribution in [0.2, 0.25) is 0 Å². The number of rotatable bonds is 3. The highest BCUT2D eigenvalue weighted by Crippen LogP contribution is 2.32. The van der Waals surface area contributed by atoms with E-state index in [0.29, 0.717) is 0 Å². The number of oxime groups is 1. The molecular weight excluding hydrogens is 244 g/mol. The molecule has 0 spiro atoms. The maximum atomic E-state index is 11.0. The summed E-state index contributed by atoms with van der Waals surface area (Å²) in [5.41, 5.74) is 0.979. The molecule has 1 unspecified atom stereocenters. The van der Waals surface area contributed by atoms with Crippen molar-refractivity contribution in [1.29, 1.82) is 0 Å². The summed E-state index contributed by atoms with van der Waals surface area (Å²) in [6, 6.07) is 0. The van der Waals surface area contributed by atoms with E-state index in [-0.39, 0.29) is 17.1 Å². The van der Waals surface area contributed by atoms with Gasteiger partial charge in [0.05, 0.1) is 10.8 Å². The molecule has 2 rings (SSSR count). The fourth-order valence-corrected chi connectivity index (χ4v) is 1.81. The molecule has 0 aromatic rings. The first-order valence-corrected chi connectivity index (χ1v) is 5.07. The van der Waals surface area contributed by atoms with Gasteiger partial charge in [-0.05, 0) is 0 Å². The van der Waals surface area contributed by atoms with E-state index >= 15 is 0 Å². The van der Waals surface area contributed by atoms with Gasteiger partial charge in [-0.3, -0.25) is 25.2 Å². The van der Waals surface area contributed by atoms with E-state index in [2.05, 4.69) is 15.6 Å². The van der Waals surface area contributed by atoms with Crippen molar-refractivity contribution < 1.29 is 14.8 Å². The van der Waals surface area contributed by atoms with Gasteiger partial charge in [0.15, 0.2) is 5.70 Å². The zero-order chi connectivity index (χ0) is 13.5. The minimum atomic E-state index is -1.34. The summed E-state index contributed by atoms with van der Waals surface area (Å²) in [6.07, 6.45) is 2.63. The Morgan fingerprint density at radius 3 is 2.67 bits per heavy atom. The highest BCUT2D eigenvalue weighted by Gasteiger charge is 2.48. The van der Waals surface area contributed by atoms with Gasteiger partial charge in [0, 0.05) is 24.8 Å². The van der Waals surface area contributed by atoms with Crippen molar-refractivity contribution in [3.05, 3.63) is 43.8 Å². The van der Waals surface area contributed by atoms with Crippen molar-refractivity contribution in [3.8, 4) is 0 Å². The van der Waals surface area contributed by atoms with Gasteiger partial charge in [0.25, 0.3) is 5.70 Å². The molecule has 0 radical (unpaired) electrons.